The zero-order valence-corrected chi connectivity index (χ0v) is 11.7. The number of carbonyl (C=O) groups is 1. The molecule has 1 amide bonds. The lowest BCUT2D eigenvalue weighted by Crippen LogP contribution is -2.51. The second kappa shape index (κ2) is 6.33. The molecule has 0 N–H and O–H groups in total. The van der Waals surface area contributed by atoms with Crippen LogP contribution in [-0.2, 0) is 0 Å². The van der Waals surface area contributed by atoms with E-state index in [0.717, 1.165) is 0 Å². The Morgan fingerprint density at radius 3 is 2.33 bits per heavy atom. The summed E-state index contributed by atoms with van der Waals surface area (Å²) in [5.74, 6) is -0.130. The average molecular weight is 288 g/mol. The molecule has 0 aromatic heterocycles. The number of nitro benzene ring substituents is 1. The van der Waals surface area contributed by atoms with Crippen LogP contribution >= 0.6 is 0 Å². The molecule has 1 aliphatic heterocycles. The molecule has 7 heteroatoms. The highest BCUT2D eigenvalue weighted by Gasteiger charge is 2.24. The molecular formula is C14H16N4O3. The fourth-order valence-electron chi connectivity index (χ4n) is 2.30. The van der Waals surface area contributed by atoms with Gasteiger partial charge in [0.1, 0.15) is 0 Å². The quantitative estimate of drug-likeness (QED) is 0.617. The molecule has 1 heterocycles. The normalized spacial score (nSPS) is 17.0. The van der Waals surface area contributed by atoms with Crippen LogP contribution in [0, 0.1) is 21.4 Å². The van der Waals surface area contributed by atoms with Crippen LogP contribution in [0.2, 0.25) is 0 Å². The Morgan fingerprint density at radius 1 is 1.29 bits per heavy atom. The molecule has 1 unspecified atom stereocenters. The number of hydrogen-bond acceptors (Lipinski definition) is 5. The van der Waals surface area contributed by atoms with Crippen LogP contribution < -0.4 is 0 Å². The third-order valence-corrected chi connectivity index (χ3v) is 3.66. The molecule has 1 atom stereocenters. The average Bonchev–Trinajstić information content (AvgIpc) is 2.53. The van der Waals surface area contributed by atoms with Gasteiger partial charge in [-0.3, -0.25) is 19.8 Å². The lowest BCUT2D eigenvalue weighted by atomic mass is 10.1. The minimum absolute atomic E-state index is 0.0285. The Balaban J connectivity index is 1.99. The van der Waals surface area contributed by atoms with E-state index in [-0.39, 0.29) is 17.6 Å². The molecule has 1 aliphatic rings. The largest absolute Gasteiger partial charge is 0.336 e. The van der Waals surface area contributed by atoms with Crippen molar-refractivity contribution in [2.45, 2.75) is 13.0 Å². The summed E-state index contributed by atoms with van der Waals surface area (Å²) in [7, 11) is 0. The van der Waals surface area contributed by atoms with E-state index in [0.29, 0.717) is 31.7 Å². The Kier molecular flexibility index (Phi) is 4.50. The topological polar surface area (TPSA) is 90.5 Å². The summed E-state index contributed by atoms with van der Waals surface area (Å²) in [6, 6.07) is 7.66. The van der Waals surface area contributed by atoms with Gasteiger partial charge in [-0.2, -0.15) is 5.26 Å². The number of amides is 1. The fraction of sp³-hybridized carbons (Fsp3) is 0.429. The van der Waals surface area contributed by atoms with Gasteiger partial charge in [0.25, 0.3) is 11.6 Å². The molecule has 1 aromatic carbocycles. The van der Waals surface area contributed by atoms with Crippen molar-refractivity contribution in [2.24, 2.45) is 0 Å². The maximum Gasteiger partial charge on any atom is 0.269 e. The second-order valence-electron chi connectivity index (χ2n) is 4.94. The summed E-state index contributed by atoms with van der Waals surface area (Å²) in [4.78, 5) is 26.1. The van der Waals surface area contributed by atoms with Gasteiger partial charge >= 0.3 is 0 Å². The van der Waals surface area contributed by atoms with Gasteiger partial charge in [0.15, 0.2) is 0 Å². The molecule has 1 saturated heterocycles. The molecule has 0 radical (unpaired) electrons. The van der Waals surface area contributed by atoms with Crippen molar-refractivity contribution in [3.8, 4) is 6.07 Å². The van der Waals surface area contributed by atoms with Crippen LogP contribution in [0.25, 0.3) is 0 Å². The van der Waals surface area contributed by atoms with E-state index in [9.17, 15) is 14.9 Å². The number of nitro groups is 1. The lowest BCUT2D eigenvalue weighted by molar-refractivity contribution is -0.384. The molecule has 110 valence electrons. The molecule has 1 aromatic rings. The van der Waals surface area contributed by atoms with Crippen molar-refractivity contribution in [3.63, 3.8) is 0 Å². The van der Waals surface area contributed by atoms with Crippen molar-refractivity contribution >= 4 is 11.6 Å². The summed E-state index contributed by atoms with van der Waals surface area (Å²) in [6.07, 6.45) is 0. The number of benzene rings is 1. The van der Waals surface area contributed by atoms with Gasteiger partial charge in [0.2, 0.25) is 0 Å². The number of nitriles is 1. The standard InChI is InChI=1S/C14H16N4O3/c1-11(10-15)16-6-8-17(9-7-16)14(19)12-2-4-13(5-3-12)18(20)21/h2-5,11H,6-9H2,1H3. The molecule has 1 fully saturated rings. The number of hydrogen-bond donors (Lipinski definition) is 0. The predicted octanol–water partition coefficient (Wildman–Crippen LogP) is 1.26. The van der Waals surface area contributed by atoms with Crippen LogP contribution in [0.5, 0.6) is 0 Å². The lowest BCUT2D eigenvalue weighted by Gasteiger charge is -2.35. The maximum absolute atomic E-state index is 12.3. The van der Waals surface area contributed by atoms with E-state index in [2.05, 4.69) is 6.07 Å². The first-order valence-electron chi connectivity index (χ1n) is 6.70. The van der Waals surface area contributed by atoms with E-state index in [1.807, 2.05) is 11.8 Å². The van der Waals surface area contributed by atoms with Gasteiger partial charge in [0, 0.05) is 43.9 Å². The van der Waals surface area contributed by atoms with Crippen molar-refractivity contribution in [1.82, 2.24) is 9.80 Å². The second-order valence-corrected chi connectivity index (χ2v) is 4.94. The summed E-state index contributed by atoms with van der Waals surface area (Å²) in [5.41, 5.74) is 0.418. The van der Waals surface area contributed by atoms with Gasteiger partial charge in [-0.15, -0.1) is 0 Å². The maximum atomic E-state index is 12.3. The first-order valence-corrected chi connectivity index (χ1v) is 6.70. The molecule has 21 heavy (non-hydrogen) atoms. The van der Waals surface area contributed by atoms with Crippen LogP contribution in [-0.4, -0.2) is 52.9 Å². The first-order chi connectivity index (χ1) is 10.0. The highest BCUT2D eigenvalue weighted by atomic mass is 16.6. The SMILES string of the molecule is CC(C#N)N1CCN(C(=O)c2ccc([N+](=O)[O-])cc2)CC1. The number of rotatable bonds is 3. The van der Waals surface area contributed by atoms with Crippen molar-refractivity contribution in [1.29, 1.82) is 5.26 Å². The predicted molar refractivity (Wildman–Crippen MR) is 75.6 cm³/mol. The zero-order valence-electron chi connectivity index (χ0n) is 11.7. The Hall–Kier alpha value is -2.46. The highest BCUT2D eigenvalue weighted by Crippen LogP contribution is 2.15. The number of nitrogens with zero attached hydrogens (tertiary/aromatic N) is 4. The number of piperazine rings is 1. The van der Waals surface area contributed by atoms with E-state index >= 15 is 0 Å². The Bertz CT molecular complexity index is 571. The Morgan fingerprint density at radius 2 is 1.86 bits per heavy atom. The van der Waals surface area contributed by atoms with Gasteiger partial charge in [-0.05, 0) is 19.1 Å². The first kappa shape index (κ1) is 14.9. The van der Waals surface area contributed by atoms with Gasteiger partial charge in [0.05, 0.1) is 17.0 Å². The van der Waals surface area contributed by atoms with E-state index in [1.165, 1.54) is 24.3 Å². The smallest absolute Gasteiger partial charge is 0.269 e. The minimum Gasteiger partial charge on any atom is -0.336 e. The van der Waals surface area contributed by atoms with Gasteiger partial charge < -0.3 is 4.90 Å². The molecular weight excluding hydrogens is 272 g/mol. The number of non-ortho nitro benzene ring substituents is 1. The summed E-state index contributed by atoms with van der Waals surface area (Å²) < 4.78 is 0. The van der Waals surface area contributed by atoms with Gasteiger partial charge in [-0.1, -0.05) is 0 Å². The highest BCUT2D eigenvalue weighted by molar-refractivity contribution is 5.94. The molecule has 0 aliphatic carbocycles. The molecule has 2 rings (SSSR count). The third-order valence-electron chi connectivity index (χ3n) is 3.66. The van der Waals surface area contributed by atoms with Crippen molar-refractivity contribution in [3.05, 3.63) is 39.9 Å². The van der Waals surface area contributed by atoms with Crippen LogP contribution in [0.1, 0.15) is 17.3 Å². The Labute approximate surface area is 122 Å². The van der Waals surface area contributed by atoms with Crippen LogP contribution in [0.3, 0.4) is 0 Å². The number of carbonyl (C=O) groups excluding carboxylic acids is 1. The van der Waals surface area contributed by atoms with Crippen molar-refractivity contribution < 1.29 is 9.72 Å². The monoisotopic (exact) mass is 288 g/mol. The molecule has 0 bridgehead atoms. The third kappa shape index (κ3) is 3.35. The van der Waals surface area contributed by atoms with Crippen LogP contribution in [0.15, 0.2) is 24.3 Å². The summed E-state index contributed by atoms with van der Waals surface area (Å²) >= 11 is 0. The van der Waals surface area contributed by atoms with Gasteiger partial charge in [-0.25, -0.2) is 0 Å². The molecule has 7 nitrogen and oxygen atoms in total. The minimum atomic E-state index is -0.490. The summed E-state index contributed by atoms with van der Waals surface area (Å²) in [6.45, 7) is 4.28. The van der Waals surface area contributed by atoms with Crippen molar-refractivity contribution in [2.75, 3.05) is 26.2 Å². The fourth-order valence-corrected chi connectivity index (χ4v) is 2.30. The van der Waals surface area contributed by atoms with E-state index < -0.39 is 4.92 Å². The molecule has 0 saturated carbocycles. The van der Waals surface area contributed by atoms with Crippen LogP contribution in [0.4, 0.5) is 5.69 Å². The van der Waals surface area contributed by atoms with E-state index in [4.69, 9.17) is 5.26 Å². The zero-order chi connectivity index (χ0) is 15.4. The summed E-state index contributed by atoms with van der Waals surface area (Å²) in [5, 5.41) is 19.5. The van der Waals surface area contributed by atoms with E-state index in [1.54, 1.807) is 4.90 Å². The molecule has 0 spiro atoms.